The highest BCUT2D eigenvalue weighted by molar-refractivity contribution is 9.13. The SMILES string of the molecule is COC(=O)[C@H](CC(C)C)NC(=O)c1cc(Br)c(Br)s1. The van der Waals surface area contributed by atoms with E-state index in [1.54, 1.807) is 6.07 Å². The third kappa shape index (κ3) is 4.89. The molecule has 0 bridgehead atoms. The summed E-state index contributed by atoms with van der Waals surface area (Å²) in [6, 6.07) is 1.10. The zero-order valence-corrected chi connectivity index (χ0v) is 14.8. The molecule has 0 aliphatic carbocycles. The maximum Gasteiger partial charge on any atom is 0.328 e. The minimum atomic E-state index is -0.614. The van der Waals surface area contributed by atoms with Crippen LogP contribution < -0.4 is 5.32 Å². The average Bonchev–Trinajstić information content (AvgIpc) is 2.67. The Morgan fingerprint density at radius 3 is 2.47 bits per heavy atom. The third-order valence-electron chi connectivity index (χ3n) is 2.37. The number of hydrogen-bond donors (Lipinski definition) is 1. The smallest absolute Gasteiger partial charge is 0.328 e. The van der Waals surface area contributed by atoms with Gasteiger partial charge in [0.15, 0.2) is 0 Å². The maximum atomic E-state index is 12.1. The van der Waals surface area contributed by atoms with Gasteiger partial charge in [-0.3, -0.25) is 4.79 Å². The van der Waals surface area contributed by atoms with Gasteiger partial charge in [-0.2, -0.15) is 0 Å². The van der Waals surface area contributed by atoms with Crippen molar-refractivity contribution in [2.75, 3.05) is 7.11 Å². The molecule has 0 saturated carbocycles. The van der Waals surface area contributed by atoms with Crippen molar-refractivity contribution in [3.05, 3.63) is 19.2 Å². The summed E-state index contributed by atoms with van der Waals surface area (Å²) in [6.07, 6.45) is 0.548. The normalized spacial score (nSPS) is 12.3. The number of esters is 1. The Bertz CT molecular complexity index is 454. The van der Waals surface area contributed by atoms with Crippen molar-refractivity contribution in [1.82, 2.24) is 5.32 Å². The van der Waals surface area contributed by atoms with E-state index in [1.165, 1.54) is 18.4 Å². The summed E-state index contributed by atoms with van der Waals surface area (Å²) < 4.78 is 6.37. The molecule has 0 saturated heterocycles. The quantitative estimate of drug-likeness (QED) is 0.751. The summed E-state index contributed by atoms with van der Waals surface area (Å²) >= 11 is 7.97. The number of halogens is 2. The van der Waals surface area contributed by atoms with Crippen molar-refractivity contribution in [1.29, 1.82) is 0 Å². The second kappa shape index (κ2) is 7.40. The van der Waals surface area contributed by atoms with Crippen LogP contribution in [0.3, 0.4) is 0 Å². The highest BCUT2D eigenvalue weighted by Crippen LogP contribution is 2.32. The van der Waals surface area contributed by atoms with Crippen LogP contribution in [-0.4, -0.2) is 25.0 Å². The first-order valence-corrected chi connectivity index (χ1v) is 8.09. The Morgan fingerprint density at radius 2 is 2.05 bits per heavy atom. The Labute approximate surface area is 133 Å². The van der Waals surface area contributed by atoms with Crippen LogP contribution >= 0.6 is 43.2 Å². The fourth-order valence-corrected chi connectivity index (χ4v) is 3.45. The molecule has 1 heterocycles. The molecule has 1 aromatic rings. The summed E-state index contributed by atoms with van der Waals surface area (Å²) in [6.45, 7) is 3.97. The van der Waals surface area contributed by atoms with Gasteiger partial charge in [0.1, 0.15) is 6.04 Å². The van der Waals surface area contributed by atoms with Crippen molar-refractivity contribution in [2.24, 2.45) is 5.92 Å². The van der Waals surface area contributed by atoms with Gasteiger partial charge >= 0.3 is 5.97 Å². The van der Waals surface area contributed by atoms with Gasteiger partial charge in [0.05, 0.1) is 15.8 Å². The summed E-state index contributed by atoms with van der Waals surface area (Å²) in [7, 11) is 1.32. The molecule has 0 radical (unpaired) electrons. The number of carbonyl (C=O) groups excluding carboxylic acids is 2. The van der Waals surface area contributed by atoms with E-state index in [9.17, 15) is 9.59 Å². The topological polar surface area (TPSA) is 55.4 Å². The van der Waals surface area contributed by atoms with E-state index in [1.807, 2.05) is 13.8 Å². The zero-order chi connectivity index (χ0) is 14.6. The fraction of sp³-hybridized carbons (Fsp3) is 0.500. The number of rotatable bonds is 5. The standard InChI is InChI=1S/C12H15Br2NO3S/c1-6(2)4-8(12(17)18-3)15-11(16)9-5-7(13)10(14)19-9/h5-6,8H,4H2,1-3H3,(H,15,16)/t8-/m0/s1. The van der Waals surface area contributed by atoms with Gasteiger partial charge in [-0.05, 0) is 50.3 Å². The molecule has 1 aromatic heterocycles. The predicted molar refractivity (Wildman–Crippen MR) is 82.4 cm³/mol. The average molecular weight is 413 g/mol. The Balaban J connectivity index is 2.78. The van der Waals surface area contributed by atoms with E-state index in [0.29, 0.717) is 11.3 Å². The van der Waals surface area contributed by atoms with E-state index in [-0.39, 0.29) is 11.8 Å². The zero-order valence-electron chi connectivity index (χ0n) is 10.8. The molecule has 19 heavy (non-hydrogen) atoms. The van der Waals surface area contributed by atoms with E-state index in [2.05, 4.69) is 37.2 Å². The highest BCUT2D eigenvalue weighted by atomic mass is 79.9. The lowest BCUT2D eigenvalue weighted by molar-refractivity contribution is -0.143. The predicted octanol–water partition coefficient (Wildman–Crippen LogP) is 3.59. The number of thiophene rings is 1. The minimum Gasteiger partial charge on any atom is -0.467 e. The van der Waals surface area contributed by atoms with Crippen LogP contribution in [0.25, 0.3) is 0 Å². The summed E-state index contributed by atoms with van der Waals surface area (Å²) in [4.78, 5) is 24.2. The lowest BCUT2D eigenvalue weighted by Crippen LogP contribution is -2.42. The molecule has 1 atom stereocenters. The molecular formula is C12H15Br2NO3S. The minimum absolute atomic E-state index is 0.271. The van der Waals surface area contributed by atoms with Crippen molar-refractivity contribution >= 4 is 55.1 Å². The number of amides is 1. The number of methoxy groups -OCH3 is 1. The first-order chi connectivity index (χ1) is 8.85. The van der Waals surface area contributed by atoms with Crippen molar-refractivity contribution in [3.63, 3.8) is 0 Å². The van der Waals surface area contributed by atoms with Gasteiger partial charge < -0.3 is 10.1 Å². The van der Waals surface area contributed by atoms with Gasteiger partial charge in [0.25, 0.3) is 5.91 Å². The van der Waals surface area contributed by atoms with Crippen LogP contribution in [-0.2, 0) is 9.53 Å². The second-order valence-corrected chi connectivity index (χ2v) is 7.64. The van der Waals surface area contributed by atoms with Gasteiger partial charge in [0, 0.05) is 4.47 Å². The molecule has 0 aromatic carbocycles. The number of hydrogen-bond acceptors (Lipinski definition) is 4. The summed E-state index contributed by atoms with van der Waals surface area (Å²) in [5.74, 6) is -0.407. The second-order valence-electron chi connectivity index (χ2n) is 4.41. The van der Waals surface area contributed by atoms with Crippen molar-refractivity contribution in [3.8, 4) is 0 Å². The van der Waals surface area contributed by atoms with Crippen LogP contribution in [0.2, 0.25) is 0 Å². The molecule has 7 heteroatoms. The number of nitrogens with one attached hydrogen (secondary N) is 1. The molecule has 0 aliphatic rings. The molecule has 1 amide bonds. The van der Waals surface area contributed by atoms with Crippen LogP contribution in [0.15, 0.2) is 14.3 Å². The largest absolute Gasteiger partial charge is 0.467 e. The van der Waals surface area contributed by atoms with Crippen molar-refractivity contribution < 1.29 is 14.3 Å². The summed E-state index contributed by atoms with van der Waals surface area (Å²) in [5, 5.41) is 2.71. The summed E-state index contributed by atoms with van der Waals surface area (Å²) in [5.41, 5.74) is 0. The molecule has 4 nitrogen and oxygen atoms in total. The maximum absolute atomic E-state index is 12.1. The molecule has 0 spiro atoms. The Hall–Kier alpha value is -0.400. The van der Waals surface area contributed by atoms with Gasteiger partial charge in [-0.25, -0.2) is 4.79 Å². The molecular weight excluding hydrogens is 398 g/mol. The lowest BCUT2D eigenvalue weighted by Gasteiger charge is -2.17. The number of carbonyl (C=O) groups is 2. The molecule has 0 aliphatic heterocycles. The van der Waals surface area contributed by atoms with Gasteiger partial charge in [-0.15, -0.1) is 11.3 Å². The third-order valence-corrected chi connectivity index (χ3v) is 5.62. The van der Waals surface area contributed by atoms with Gasteiger partial charge in [-0.1, -0.05) is 13.8 Å². The fourth-order valence-electron chi connectivity index (χ4n) is 1.52. The molecule has 1 rings (SSSR count). The number of ether oxygens (including phenoxy) is 1. The first-order valence-electron chi connectivity index (χ1n) is 5.68. The van der Waals surface area contributed by atoms with Crippen LogP contribution in [0.4, 0.5) is 0 Å². The highest BCUT2D eigenvalue weighted by Gasteiger charge is 2.24. The first kappa shape index (κ1) is 16.7. The van der Waals surface area contributed by atoms with E-state index in [0.717, 1.165) is 8.26 Å². The molecule has 0 fully saturated rings. The Morgan fingerprint density at radius 1 is 1.42 bits per heavy atom. The van der Waals surface area contributed by atoms with Gasteiger partial charge in [0.2, 0.25) is 0 Å². The van der Waals surface area contributed by atoms with E-state index >= 15 is 0 Å². The lowest BCUT2D eigenvalue weighted by atomic mass is 10.0. The van der Waals surface area contributed by atoms with Crippen LogP contribution in [0.5, 0.6) is 0 Å². The Kier molecular flexibility index (Phi) is 6.49. The van der Waals surface area contributed by atoms with E-state index in [4.69, 9.17) is 4.74 Å². The molecule has 0 unspecified atom stereocenters. The van der Waals surface area contributed by atoms with Crippen molar-refractivity contribution in [2.45, 2.75) is 26.3 Å². The van der Waals surface area contributed by atoms with Crippen LogP contribution in [0, 0.1) is 5.92 Å². The molecule has 106 valence electrons. The monoisotopic (exact) mass is 411 g/mol. The van der Waals surface area contributed by atoms with Crippen LogP contribution in [0.1, 0.15) is 29.9 Å². The van der Waals surface area contributed by atoms with E-state index < -0.39 is 12.0 Å². The molecule has 1 N–H and O–H groups in total.